The van der Waals surface area contributed by atoms with E-state index in [0.717, 1.165) is 0 Å². The molecule has 1 aliphatic heterocycles. The number of esters is 1. The first-order chi connectivity index (χ1) is 12.3. The Bertz CT molecular complexity index is 990. The fraction of sp³-hybridized carbons (Fsp3) is 0.176. The van der Waals surface area contributed by atoms with Gasteiger partial charge in [-0.15, -0.1) is 0 Å². The minimum absolute atomic E-state index is 0.00398. The summed E-state index contributed by atoms with van der Waals surface area (Å²) in [5, 5.41) is 5.36. The highest BCUT2D eigenvalue weighted by molar-refractivity contribution is 7.89. The first-order valence-electron chi connectivity index (χ1n) is 7.65. The van der Waals surface area contributed by atoms with Crippen molar-refractivity contribution in [3.63, 3.8) is 0 Å². The summed E-state index contributed by atoms with van der Waals surface area (Å²) in [6.45, 7) is -0.0771. The van der Waals surface area contributed by atoms with Crippen LogP contribution in [0.3, 0.4) is 0 Å². The van der Waals surface area contributed by atoms with Gasteiger partial charge in [-0.25, -0.2) is 18.4 Å². The van der Waals surface area contributed by atoms with Crippen LogP contribution in [0, 0.1) is 0 Å². The summed E-state index contributed by atoms with van der Waals surface area (Å²) in [6.07, 6.45) is 0.489. The maximum absolute atomic E-state index is 12.4. The van der Waals surface area contributed by atoms with E-state index in [-0.39, 0.29) is 15.5 Å². The second-order valence-electron chi connectivity index (χ2n) is 5.69. The van der Waals surface area contributed by atoms with Gasteiger partial charge < -0.3 is 9.64 Å². The Morgan fingerprint density at radius 3 is 2.62 bits per heavy atom. The van der Waals surface area contributed by atoms with Crippen LogP contribution >= 0.6 is 11.6 Å². The average Bonchev–Trinajstić information content (AvgIpc) is 3.02. The van der Waals surface area contributed by atoms with E-state index in [1.54, 1.807) is 18.2 Å². The van der Waals surface area contributed by atoms with Gasteiger partial charge in [0.25, 0.3) is 5.91 Å². The number of hydrogen-bond acceptors (Lipinski definition) is 5. The van der Waals surface area contributed by atoms with E-state index in [0.29, 0.717) is 24.2 Å². The van der Waals surface area contributed by atoms with Crippen molar-refractivity contribution in [3.8, 4) is 0 Å². The SMILES string of the molecule is NS(=O)(=O)c1ccc2c(c1)CCN2C(=O)COC(=O)c1ccccc1Cl. The first kappa shape index (κ1) is 18.4. The summed E-state index contributed by atoms with van der Waals surface area (Å²) in [4.78, 5) is 25.9. The molecule has 0 aliphatic carbocycles. The predicted octanol–water partition coefficient (Wildman–Crippen LogP) is 1.73. The highest BCUT2D eigenvalue weighted by Crippen LogP contribution is 2.30. The summed E-state index contributed by atoms with van der Waals surface area (Å²) < 4.78 is 27.9. The molecule has 3 rings (SSSR count). The molecule has 0 radical (unpaired) electrons. The number of carbonyl (C=O) groups is 2. The highest BCUT2D eigenvalue weighted by Gasteiger charge is 2.27. The number of ether oxygens (including phenoxy) is 1. The smallest absolute Gasteiger partial charge is 0.340 e. The zero-order valence-corrected chi connectivity index (χ0v) is 15.1. The van der Waals surface area contributed by atoms with Crippen molar-refractivity contribution >= 4 is 39.2 Å². The van der Waals surface area contributed by atoms with Gasteiger partial charge in [0, 0.05) is 12.2 Å². The van der Waals surface area contributed by atoms with Gasteiger partial charge in [-0.2, -0.15) is 0 Å². The Morgan fingerprint density at radius 1 is 1.19 bits per heavy atom. The molecule has 0 saturated carbocycles. The number of sulfonamides is 1. The van der Waals surface area contributed by atoms with Crippen LogP contribution in [0.1, 0.15) is 15.9 Å². The van der Waals surface area contributed by atoms with Gasteiger partial charge in [-0.3, -0.25) is 4.79 Å². The number of nitrogens with two attached hydrogens (primary N) is 1. The van der Waals surface area contributed by atoms with E-state index in [4.69, 9.17) is 21.5 Å². The molecule has 0 atom stereocenters. The molecule has 7 nitrogen and oxygen atoms in total. The number of benzene rings is 2. The third-order valence-electron chi connectivity index (χ3n) is 4.00. The summed E-state index contributed by atoms with van der Waals surface area (Å²) in [5.41, 5.74) is 1.46. The van der Waals surface area contributed by atoms with Crippen LogP contribution in [-0.4, -0.2) is 33.4 Å². The van der Waals surface area contributed by atoms with Crippen molar-refractivity contribution in [2.75, 3.05) is 18.1 Å². The zero-order chi connectivity index (χ0) is 18.9. The maximum Gasteiger partial charge on any atom is 0.340 e. The Hall–Kier alpha value is -2.42. The molecule has 0 unspecified atom stereocenters. The standard InChI is InChI=1S/C17H15ClN2O5S/c18-14-4-2-1-3-13(14)17(22)25-10-16(21)20-8-7-11-9-12(26(19,23)24)5-6-15(11)20/h1-6,9H,7-8,10H2,(H2,19,23,24). The Morgan fingerprint density at radius 2 is 1.92 bits per heavy atom. The lowest BCUT2D eigenvalue weighted by Gasteiger charge is -2.17. The average molecular weight is 395 g/mol. The van der Waals surface area contributed by atoms with E-state index in [1.807, 2.05) is 0 Å². The monoisotopic (exact) mass is 394 g/mol. The van der Waals surface area contributed by atoms with Gasteiger partial charge in [0.2, 0.25) is 10.0 Å². The molecule has 0 spiro atoms. The van der Waals surface area contributed by atoms with E-state index < -0.39 is 28.5 Å². The number of halogens is 1. The predicted molar refractivity (Wildman–Crippen MR) is 95.6 cm³/mol. The molecule has 2 aromatic carbocycles. The van der Waals surface area contributed by atoms with Crippen LogP contribution in [0.5, 0.6) is 0 Å². The van der Waals surface area contributed by atoms with Gasteiger partial charge >= 0.3 is 5.97 Å². The summed E-state index contributed by atoms with van der Waals surface area (Å²) >= 11 is 5.92. The molecule has 0 fully saturated rings. The molecule has 136 valence electrons. The van der Waals surface area contributed by atoms with Crippen molar-refractivity contribution in [2.24, 2.45) is 5.14 Å². The number of anilines is 1. The van der Waals surface area contributed by atoms with Gasteiger partial charge in [0.15, 0.2) is 6.61 Å². The number of carbonyl (C=O) groups excluding carboxylic acids is 2. The number of primary sulfonamides is 1. The van der Waals surface area contributed by atoms with Gasteiger partial charge in [-0.05, 0) is 42.3 Å². The molecule has 1 aliphatic rings. The molecular weight excluding hydrogens is 380 g/mol. The number of fused-ring (bicyclic) bond motifs is 1. The summed E-state index contributed by atoms with van der Waals surface area (Å²) in [5.74, 6) is -1.10. The second kappa shape index (κ2) is 7.06. The van der Waals surface area contributed by atoms with Crippen LogP contribution in [0.25, 0.3) is 0 Å². The molecule has 1 amide bonds. The van der Waals surface area contributed by atoms with Crippen LogP contribution in [0.4, 0.5) is 5.69 Å². The minimum Gasteiger partial charge on any atom is -0.452 e. The van der Waals surface area contributed by atoms with Gasteiger partial charge in [-0.1, -0.05) is 23.7 Å². The van der Waals surface area contributed by atoms with Crippen molar-refractivity contribution < 1.29 is 22.7 Å². The lowest BCUT2D eigenvalue weighted by Crippen LogP contribution is -2.33. The fourth-order valence-electron chi connectivity index (χ4n) is 2.72. The van der Waals surface area contributed by atoms with Crippen molar-refractivity contribution in [3.05, 3.63) is 58.6 Å². The molecule has 1 heterocycles. The third-order valence-corrected chi connectivity index (χ3v) is 5.24. The quantitative estimate of drug-likeness (QED) is 0.795. The molecule has 9 heteroatoms. The normalized spacial score (nSPS) is 13.4. The summed E-state index contributed by atoms with van der Waals surface area (Å²) in [7, 11) is -3.80. The summed E-state index contributed by atoms with van der Waals surface area (Å²) in [6, 6.07) is 10.7. The minimum atomic E-state index is -3.80. The molecule has 0 aromatic heterocycles. The van der Waals surface area contributed by atoms with E-state index in [1.165, 1.54) is 29.2 Å². The van der Waals surface area contributed by atoms with Gasteiger partial charge in [0.1, 0.15) is 0 Å². The number of rotatable bonds is 4. The molecular formula is C17H15ClN2O5S. The van der Waals surface area contributed by atoms with E-state index in [9.17, 15) is 18.0 Å². The molecule has 2 N–H and O–H groups in total. The Balaban J connectivity index is 1.69. The first-order valence-corrected chi connectivity index (χ1v) is 9.57. The largest absolute Gasteiger partial charge is 0.452 e. The van der Waals surface area contributed by atoms with Crippen LogP contribution in [0.2, 0.25) is 5.02 Å². The number of hydrogen-bond donors (Lipinski definition) is 1. The second-order valence-corrected chi connectivity index (χ2v) is 7.66. The lowest BCUT2D eigenvalue weighted by molar-refractivity contribution is -0.121. The lowest BCUT2D eigenvalue weighted by atomic mass is 10.2. The molecule has 0 saturated heterocycles. The third kappa shape index (κ3) is 3.72. The van der Waals surface area contributed by atoms with Crippen molar-refractivity contribution in [2.45, 2.75) is 11.3 Å². The molecule has 26 heavy (non-hydrogen) atoms. The molecule has 0 bridgehead atoms. The maximum atomic E-state index is 12.4. The van der Waals surface area contributed by atoms with Gasteiger partial charge in [0.05, 0.1) is 15.5 Å². The molecule has 2 aromatic rings. The Kier molecular flexibility index (Phi) is 4.99. The number of nitrogens with zero attached hydrogens (tertiary/aromatic N) is 1. The number of amides is 1. The Labute approximate surface area is 155 Å². The van der Waals surface area contributed by atoms with E-state index in [2.05, 4.69) is 0 Å². The van der Waals surface area contributed by atoms with Crippen LogP contribution < -0.4 is 10.0 Å². The highest BCUT2D eigenvalue weighted by atomic mass is 35.5. The van der Waals surface area contributed by atoms with Crippen molar-refractivity contribution in [1.82, 2.24) is 0 Å². The van der Waals surface area contributed by atoms with Crippen LogP contribution in [0.15, 0.2) is 47.4 Å². The van der Waals surface area contributed by atoms with Crippen molar-refractivity contribution in [1.29, 1.82) is 0 Å². The topological polar surface area (TPSA) is 107 Å². The zero-order valence-electron chi connectivity index (χ0n) is 13.5. The van der Waals surface area contributed by atoms with E-state index >= 15 is 0 Å². The fourth-order valence-corrected chi connectivity index (χ4v) is 3.50. The van der Waals surface area contributed by atoms with Crippen LogP contribution in [-0.2, 0) is 26.0 Å².